The van der Waals surface area contributed by atoms with E-state index in [4.69, 9.17) is 0 Å². The van der Waals surface area contributed by atoms with E-state index in [1.54, 1.807) is 28.7 Å². The van der Waals surface area contributed by atoms with E-state index in [2.05, 4.69) is 10.3 Å². The monoisotopic (exact) mass is 345 g/mol. The minimum absolute atomic E-state index is 0.0762. The topological polar surface area (TPSA) is 63.5 Å². The van der Waals surface area contributed by atoms with E-state index >= 15 is 0 Å². The molecule has 0 bridgehead atoms. The Morgan fingerprint density at radius 2 is 2.30 bits per heavy atom. The van der Waals surface area contributed by atoms with Crippen molar-refractivity contribution in [2.75, 3.05) is 6.54 Å². The molecule has 0 aromatic carbocycles. The van der Waals surface area contributed by atoms with Gasteiger partial charge < -0.3 is 5.32 Å². The van der Waals surface area contributed by atoms with Gasteiger partial charge in [0.05, 0.1) is 0 Å². The molecule has 3 heterocycles. The number of thiophene rings is 1. The van der Waals surface area contributed by atoms with Crippen molar-refractivity contribution < 1.29 is 4.79 Å². The predicted octanol–water partition coefficient (Wildman–Crippen LogP) is 2.50. The van der Waals surface area contributed by atoms with Crippen LogP contribution in [0.15, 0.2) is 39.8 Å². The summed E-state index contributed by atoms with van der Waals surface area (Å²) in [6.45, 7) is 2.28. The molecule has 0 spiro atoms. The van der Waals surface area contributed by atoms with Crippen LogP contribution in [0.1, 0.15) is 16.3 Å². The van der Waals surface area contributed by atoms with Crippen LogP contribution in [0.2, 0.25) is 0 Å². The first-order valence-corrected chi connectivity index (χ1v) is 8.85. The molecule has 5 nitrogen and oxygen atoms in total. The number of carbonyl (C=O) groups is 1. The Labute approximate surface area is 140 Å². The van der Waals surface area contributed by atoms with Gasteiger partial charge in [-0.2, -0.15) is 0 Å². The lowest BCUT2D eigenvalue weighted by molar-refractivity contribution is -0.116. The quantitative estimate of drug-likeness (QED) is 0.723. The largest absolute Gasteiger partial charge is 0.352 e. The van der Waals surface area contributed by atoms with Crippen molar-refractivity contribution in [2.24, 2.45) is 0 Å². The normalized spacial score (nSPS) is 11.3. The Morgan fingerprint density at radius 3 is 3.09 bits per heavy atom. The number of hydrogen-bond donors (Lipinski definition) is 1. The summed E-state index contributed by atoms with van der Waals surface area (Å²) in [7, 11) is 0. The average molecular weight is 345 g/mol. The Morgan fingerprint density at radius 1 is 1.43 bits per heavy atom. The van der Waals surface area contributed by atoms with Crippen molar-refractivity contribution in [1.29, 1.82) is 0 Å². The standard InChI is InChI=1S/C16H15N3O2S2/c1-11-9-15(21)19-12(10-23-16(19)18-11)6-7-17-14(20)5-4-13-3-2-8-22-13/h2-5,8-10H,6-7H2,1H3,(H,17,20)/b5-4-. The van der Waals surface area contributed by atoms with E-state index < -0.39 is 0 Å². The van der Waals surface area contributed by atoms with Crippen LogP contribution in [0.25, 0.3) is 11.0 Å². The summed E-state index contributed by atoms with van der Waals surface area (Å²) in [5, 5.41) is 6.71. The van der Waals surface area contributed by atoms with Crippen LogP contribution in [0.4, 0.5) is 0 Å². The highest BCUT2D eigenvalue weighted by Gasteiger charge is 2.07. The molecule has 7 heteroatoms. The average Bonchev–Trinajstić information content (AvgIpc) is 3.15. The first-order valence-electron chi connectivity index (χ1n) is 7.10. The number of nitrogens with one attached hydrogen (secondary N) is 1. The van der Waals surface area contributed by atoms with Gasteiger partial charge >= 0.3 is 0 Å². The highest BCUT2D eigenvalue weighted by atomic mass is 32.1. The van der Waals surface area contributed by atoms with E-state index in [9.17, 15) is 9.59 Å². The molecule has 0 aliphatic heterocycles. The van der Waals surface area contributed by atoms with Crippen molar-refractivity contribution in [3.05, 3.63) is 61.7 Å². The van der Waals surface area contributed by atoms with Crippen LogP contribution in [0, 0.1) is 6.92 Å². The van der Waals surface area contributed by atoms with Gasteiger partial charge in [0.25, 0.3) is 5.56 Å². The van der Waals surface area contributed by atoms with Crippen LogP contribution in [-0.4, -0.2) is 21.8 Å². The summed E-state index contributed by atoms with van der Waals surface area (Å²) < 4.78 is 1.60. The molecule has 0 radical (unpaired) electrons. The van der Waals surface area contributed by atoms with Gasteiger partial charge in [-0.25, -0.2) is 4.98 Å². The minimum Gasteiger partial charge on any atom is -0.352 e. The van der Waals surface area contributed by atoms with Gasteiger partial charge in [-0.3, -0.25) is 14.0 Å². The fourth-order valence-corrected chi connectivity index (χ4v) is 3.77. The molecule has 118 valence electrons. The SMILES string of the molecule is Cc1cc(=O)n2c(CCNC(=O)/C=C\c3cccs3)csc2n1. The molecule has 3 aromatic rings. The molecule has 0 aliphatic rings. The Kier molecular flexibility index (Phi) is 4.68. The maximum atomic E-state index is 12.0. The molecular formula is C16H15N3O2S2. The van der Waals surface area contributed by atoms with Gasteiger partial charge in [-0.15, -0.1) is 22.7 Å². The van der Waals surface area contributed by atoms with Crippen molar-refractivity contribution in [2.45, 2.75) is 13.3 Å². The summed E-state index contributed by atoms with van der Waals surface area (Å²) in [6.07, 6.45) is 3.90. The maximum absolute atomic E-state index is 12.0. The first kappa shape index (κ1) is 15.6. The van der Waals surface area contributed by atoms with Crippen molar-refractivity contribution in [3.8, 4) is 0 Å². The highest BCUT2D eigenvalue weighted by Crippen LogP contribution is 2.13. The second-order valence-corrected chi connectivity index (χ2v) is 6.79. The van der Waals surface area contributed by atoms with Gasteiger partial charge in [0.2, 0.25) is 5.91 Å². The number of fused-ring (bicyclic) bond motifs is 1. The second kappa shape index (κ2) is 6.89. The van der Waals surface area contributed by atoms with E-state index in [0.717, 1.165) is 16.3 Å². The fraction of sp³-hybridized carbons (Fsp3) is 0.188. The smallest absolute Gasteiger partial charge is 0.258 e. The van der Waals surface area contributed by atoms with Crippen LogP contribution in [-0.2, 0) is 11.2 Å². The summed E-state index contributed by atoms with van der Waals surface area (Å²) in [5.41, 5.74) is 1.51. The molecule has 0 fully saturated rings. The number of rotatable bonds is 5. The fourth-order valence-electron chi connectivity index (χ4n) is 2.17. The number of carbonyl (C=O) groups excluding carboxylic acids is 1. The Bertz CT molecular complexity index is 907. The maximum Gasteiger partial charge on any atom is 0.258 e. The van der Waals surface area contributed by atoms with Crippen molar-refractivity contribution in [3.63, 3.8) is 0 Å². The van der Waals surface area contributed by atoms with Crippen molar-refractivity contribution in [1.82, 2.24) is 14.7 Å². The zero-order valence-electron chi connectivity index (χ0n) is 12.5. The van der Waals surface area contributed by atoms with E-state index in [0.29, 0.717) is 17.9 Å². The molecular weight excluding hydrogens is 330 g/mol. The first-order chi connectivity index (χ1) is 11.1. The van der Waals surface area contributed by atoms with Gasteiger partial charge in [0.1, 0.15) is 0 Å². The number of hydrogen-bond acceptors (Lipinski definition) is 5. The third kappa shape index (κ3) is 3.75. The van der Waals surface area contributed by atoms with Gasteiger partial charge in [0.15, 0.2) is 4.96 Å². The highest BCUT2D eigenvalue weighted by molar-refractivity contribution is 7.15. The molecule has 0 aliphatic carbocycles. The number of thiazole rings is 1. The van der Waals surface area contributed by atoms with Crippen LogP contribution >= 0.6 is 22.7 Å². The zero-order chi connectivity index (χ0) is 16.2. The second-order valence-electron chi connectivity index (χ2n) is 4.97. The van der Waals surface area contributed by atoms with E-state index in [1.165, 1.54) is 23.5 Å². The molecule has 3 aromatic heterocycles. The van der Waals surface area contributed by atoms with Gasteiger partial charge in [0, 0.05) is 46.8 Å². The minimum atomic E-state index is -0.140. The number of aromatic nitrogens is 2. The molecule has 3 rings (SSSR count). The lowest BCUT2D eigenvalue weighted by Gasteiger charge is -2.03. The predicted molar refractivity (Wildman–Crippen MR) is 94.1 cm³/mol. The molecule has 1 N–H and O–H groups in total. The van der Waals surface area contributed by atoms with Crippen molar-refractivity contribution >= 4 is 39.6 Å². The van der Waals surface area contributed by atoms with Crippen LogP contribution in [0.3, 0.4) is 0 Å². The zero-order valence-corrected chi connectivity index (χ0v) is 14.1. The lowest BCUT2D eigenvalue weighted by Crippen LogP contribution is -2.25. The van der Waals surface area contributed by atoms with Gasteiger partial charge in [-0.1, -0.05) is 6.07 Å². The van der Waals surface area contributed by atoms with Crippen LogP contribution < -0.4 is 10.9 Å². The van der Waals surface area contributed by atoms with E-state index in [-0.39, 0.29) is 11.5 Å². The third-order valence-corrected chi connectivity index (χ3v) is 4.94. The summed E-state index contributed by atoms with van der Waals surface area (Å²) in [4.78, 5) is 29.9. The Balaban J connectivity index is 1.61. The number of amides is 1. The Hall–Kier alpha value is -2.25. The molecule has 0 atom stereocenters. The number of aryl methyl sites for hydroxylation is 1. The summed E-state index contributed by atoms with van der Waals surface area (Å²) >= 11 is 3.02. The number of nitrogens with zero attached hydrogens (tertiary/aromatic N) is 2. The molecule has 23 heavy (non-hydrogen) atoms. The third-order valence-electron chi connectivity index (χ3n) is 3.23. The lowest BCUT2D eigenvalue weighted by atomic mass is 10.3. The summed E-state index contributed by atoms with van der Waals surface area (Å²) in [6, 6.07) is 5.41. The molecule has 0 saturated heterocycles. The van der Waals surface area contributed by atoms with Crippen LogP contribution in [0.5, 0.6) is 0 Å². The summed E-state index contributed by atoms with van der Waals surface area (Å²) in [5.74, 6) is -0.140. The molecule has 1 amide bonds. The molecule has 0 unspecified atom stereocenters. The van der Waals surface area contributed by atoms with Gasteiger partial charge in [-0.05, 0) is 24.4 Å². The molecule has 0 saturated carbocycles. The van der Waals surface area contributed by atoms with E-state index in [1.807, 2.05) is 22.9 Å².